The van der Waals surface area contributed by atoms with Gasteiger partial charge in [0.05, 0.1) is 42.4 Å². The third kappa shape index (κ3) is 6.52. The minimum atomic E-state index is -4.77. The molecule has 0 unspecified atom stereocenters. The molecule has 0 atom stereocenters. The van der Waals surface area contributed by atoms with E-state index in [2.05, 4.69) is 10.3 Å². The van der Waals surface area contributed by atoms with Gasteiger partial charge in [0.2, 0.25) is 0 Å². The number of nitrogens with zero attached hydrogens (tertiary/aromatic N) is 2. The maximum atomic E-state index is 13.3. The summed E-state index contributed by atoms with van der Waals surface area (Å²) < 4.78 is 50.2. The fourth-order valence-electron chi connectivity index (χ4n) is 3.58. The van der Waals surface area contributed by atoms with E-state index >= 15 is 0 Å². The molecule has 0 saturated heterocycles. The third-order valence-corrected chi connectivity index (χ3v) is 5.82. The van der Waals surface area contributed by atoms with E-state index in [-0.39, 0.29) is 52.6 Å². The Labute approximate surface area is 220 Å². The quantitative estimate of drug-likeness (QED) is 0.368. The minimum Gasteiger partial charge on any atom is -0.496 e. The van der Waals surface area contributed by atoms with Gasteiger partial charge in [0.1, 0.15) is 17.2 Å². The van der Waals surface area contributed by atoms with Gasteiger partial charge in [-0.3, -0.25) is 14.6 Å². The number of hydrogen-bond donors (Lipinski definition) is 2. The van der Waals surface area contributed by atoms with Gasteiger partial charge < -0.3 is 19.9 Å². The molecule has 0 fully saturated rings. The lowest BCUT2D eigenvalue weighted by molar-refractivity contribution is -0.141. The van der Waals surface area contributed by atoms with Gasteiger partial charge in [-0.05, 0) is 30.7 Å². The molecule has 38 heavy (non-hydrogen) atoms. The van der Waals surface area contributed by atoms with Crippen LogP contribution in [0.1, 0.15) is 39.2 Å². The number of methoxy groups -OCH3 is 1. The van der Waals surface area contributed by atoms with Crippen molar-refractivity contribution in [3.05, 3.63) is 75.6 Å². The summed E-state index contributed by atoms with van der Waals surface area (Å²) in [5.41, 5.74) is -0.0899. The summed E-state index contributed by atoms with van der Waals surface area (Å²) in [5.74, 6) is -1.26. The third-order valence-electron chi connectivity index (χ3n) is 5.51. The summed E-state index contributed by atoms with van der Waals surface area (Å²) in [5, 5.41) is 21.1. The van der Waals surface area contributed by atoms with Crippen molar-refractivity contribution in [2.75, 3.05) is 13.7 Å². The van der Waals surface area contributed by atoms with Crippen LogP contribution in [0.2, 0.25) is 5.02 Å². The normalized spacial score (nSPS) is 11.0. The van der Waals surface area contributed by atoms with E-state index in [1.54, 1.807) is 18.2 Å². The zero-order valence-electron chi connectivity index (χ0n) is 20.1. The summed E-state index contributed by atoms with van der Waals surface area (Å²) in [7, 11) is 1.49. The van der Waals surface area contributed by atoms with E-state index in [0.29, 0.717) is 17.4 Å². The SMILES string of the molecule is COc1cccc(C)c1CNC(=O)c1cc(-c2cnc(C(F)(F)F)cc2C#N)c(Cl)cc1OCCC(=O)O. The number of nitrogens with one attached hydrogen (secondary N) is 1. The Morgan fingerprint density at radius 2 is 1.92 bits per heavy atom. The van der Waals surface area contributed by atoms with Gasteiger partial charge >= 0.3 is 12.1 Å². The molecule has 2 aromatic carbocycles. The zero-order valence-corrected chi connectivity index (χ0v) is 20.9. The van der Waals surface area contributed by atoms with Crippen molar-refractivity contribution >= 4 is 23.5 Å². The molecule has 2 N–H and O–H groups in total. The lowest BCUT2D eigenvalue weighted by Gasteiger charge is -2.17. The average molecular weight is 548 g/mol. The molecule has 0 spiro atoms. The number of aliphatic carboxylic acids is 1. The highest BCUT2D eigenvalue weighted by atomic mass is 35.5. The Morgan fingerprint density at radius 3 is 2.55 bits per heavy atom. The van der Waals surface area contributed by atoms with E-state index in [1.165, 1.54) is 19.2 Å². The number of hydrogen-bond acceptors (Lipinski definition) is 6. The van der Waals surface area contributed by atoms with Crippen molar-refractivity contribution in [3.63, 3.8) is 0 Å². The number of carbonyl (C=O) groups is 2. The predicted molar refractivity (Wildman–Crippen MR) is 131 cm³/mol. The maximum absolute atomic E-state index is 13.3. The Kier molecular flexibility index (Phi) is 8.80. The number of rotatable bonds is 9. The summed E-state index contributed by atoms with van der Waals surface area (Å²) in [6.07, 6.45) is -4.27. The van der Waals surface area contributed by atoms with Crippen LogP contribution in [-0.4, -0.2) is 35.7 Å². The van der Waals surface area contributed by atoms with Crippen LogP contribution in [0, 0.1) is 18.3 Å². The molecule has 0 saturated carbocycles. The summed E-state index contributed by atoms with van der Waals surface area (Å²) >= 11 is 6.37. The molecule has 198 valence electrons. The van der Waals surface area contributed by atoms with Gasteiger partial charge in [-0.25, -0.2) is 0 Å². The first-order valence-electron chi connectivity index (χ1n) is 11.0. The van der Waals surface area contributed by atoms with Gasteiger partial charge in [0.25, 0.3) is 5.91 Å². The van der Waals surface area contributed by atoms with Gasteiger partial charge in [-0.15, -0.1) is 0 Å². The molecule has 0 aliphatic heterocycles. The summed E-state index contributed by atoms with van der Waals surface area (Å²) in [4.78, 5) is 27.6. The van der Waals surface area contributed by atoms with Gasteiger partial charge in [-0.1, -0.05) is 23.7 Å². The second kappa shape index (κ2) is 11.8. The number of nitriles is 1. The molecule has 1 amide bonds. The topological polar surface area (TPSA) is 122 Å². The van der Waals surface area contributed by atoms with Crippen LogP contribution < -0.4 is 14.8 Å². The fraction of sp³-hybridized carbons (Fsp3) is 0.231. The number of carboxylic acid groups (broad SMARTS) is 1. The molecule has 0 bridgehead atoms. The largest absolute Gasteiger partial charge is 0.496 e. The highest BCUT2D eigenvalue weighted by molar-refractivity contribution is 6.33. The first-order valence-corrected chi connectivity index (χ1v) is 11.4. The summed E-state index contributed by atoms with van der Waals surface area (Å²) in [6, 6.07) is 10.2. The van der Waals surface area contributed by atoms with E-state index in [1.807, 2.05) is 13.0 Å². The zero-order chi connectivity index (χ0) is 28.0. The van der Waals surface area contributed by atoms with Crippen molar-refractivity contribution in [1.29, 1.82) is 5.26 Å². The van der Waals surface area contributed by atoms with E-state index in [9.17, 15) is 28.0 Å². The molecule has 0 aliphatic carbocycles. The maximum Gasteiger partial charge on any atom is 0.433 e. The Hall–Kier alpha value is -4.30. The van der Waals surface area contributed by atoms with Gasteiger partial charge in [-0.2, -0.15) is 18.4 Å². The lowest BCUT2D eigenvalue weighted by atomic mass is 9.98. The number of amides is 1. The number of pyridine rings is 1. The Morgan fingerprint density at radius 1 is 1.18 bits per heavy atom. The second-order valence-corrected chi connectivity index (χ2v) is 8.39. The lowest BCUT2D eigenvalue weighted by Crippen LogP contribution is -2.24. The molecule has 1 aromatic heterocycles. The smallest absolute Gasteiger partial charge is 0.433 e. The number of benzene rings is 2. The Balaban J connectivity index is 2.05. The first kappa shape index (κ1) is 28.3. The molecule has 0 aliphatic rings. The van der Waals surface area contributed by atoms with Crippen molar-refractivity contribution in [2.45, 2.75) is 26.1 Å². The van der Waals surface area contributed by atoms with E-state index in [4.69, 9.17) is 26.2 Å². The van der Waals surface area contributed by atoms with Crippen molar-refractivity contribution in [2.24, 2.45) is 0 Å². The van der Waals surface area contributed by atoms with Crippen LogP contribution in [0.5, 0.6) is 11.5 Å². The van der Waals surface area contributed by atoms with Crippen LogP contribution in [0.4, 0.5) is 13.2 Å². The molecule has 1 heterocycles. The van der Waals surface area contributed by atoms with Gasteiger partial charge in [0, 0.05) is 35.5 Å². The first-order chi connectivity index (χ1) is 18.0. The monoisotopic (exact) mass is 547 g/mol. The molecular formula is C26H21ClF3N3O5. The van der Waals surface area contributed by atoms with Crippen LogP contribution in [0.3, 0.4) is 0 Å². The van der Waals surface area contributed by atoms with Crippen LogP contribution in [-0.2, 0) is 17.5 Å². The number of carbonyl (C=O) groups excluding carboxylic acids is 1. The number of ether oxygens (including phenoxy) is 2. The van der Waals surface area contributed by atoms with Crippen LogP contribution >= 0.6 is 11.6 Å². The molecular weight excluding hydrogens is 527 g/mol. The number of alkyl halides is 3. The highest BCUT2D eigenvalue weighted by Crippen LogP contribution is 2.37. The van der Waals surface area contributed by atoms with E-state index < -0.39 is 23.7 Å². The molecule has 8 nitrogen and oxygen atoms in total. The summed E-state index contributed by atoms with van der Waals surface area (Å²) in [6.45, 7) is 1.63. The number of aryl methyl sites for hydroxylation is 1. The van der Waals surface area contributed by atoms with Gasteiger partial charge in [0.15, 0.2) is 0 Å². The standard InChI is InChI=1S/C26H21ClF3N3O5/c1-14-4-3-5-21(37-2)18(14)12-33-25(36)17-9-16(20(27)10-22(17)38-7-6-24(34)35)19-13-32-23(26(28,29)30)8-15(19)11-31/h3-5,8-10,13H,6-7,12H2,1-2H3,(H,33,36)(H,34,35). The fourth-order valence-corrected chi connectivity index (χ4v) is 3.84. The van der Waals surface area contributed by atoms with Crippen molar-refractivity contribution in [1.82, 2.24) is 10.3 Å². The molecule has 12 heteroatoms. The minimum absolute atomic E-state index is 0.0304. The van der Waals surface area contributed by atoms with Crippen molar-refractivity contribution in [3.8, 4) is 28.7 Å². The molecule has 0 radical (unpaired) electrons. The highest BCUT2D eigenvalue weighted by Gasteiger charge is 2.33. The number of carboxylic acids is 1. The number of aromatic nitrogens is 1. The molecule has 3 aromatic rings. The van der Waals surface area contributed by atoms with Crippen LogP contribution in [0.15, 0.2) is 42.6 Å². The second-order valence-electron chi connectivity index (χ2n) is 7.98. The van der Waals surface area contributed by atoms with E-state index in [0.717, 1.165) is 11.8 Å². The average Bonchev–Trinajstić information content (AvgIpc) is 2.86. The van der Waals surface area contributed by atoms with Crippen LogP contribution in [0.25, 0.3) is 11.1 Å². The van der Waals surface area contributed by atoms with Crippen molar-refractivity contribution < 1.29 is 37.3 Å². The molecule has 3 rings (SSSR count). The Bertz CT molecular complexity index is 1420. The number of halogens is 4. The predicted octanol–water partition coefficient (Wildman–Crippen LogP) is 5.39.